The van der Waals surface area contributed by atoms with Gasteiger partial charge >= 0.3 is 0 Å². The SMILES string of the molecule is COCCCNC(=O)[C@@H]1OCC(=O)N(C)[C@H]1c1ccccc1F. The number of hydrogen-bond acceptors (Lipinski definition) is 4. The zero-order valence-corrected chi connectivity index (χ0v) is 13.3. The lowest BCUT2D eigenvalue weighted by Crippen LogP contribution is -2.53. The molecule has 2 amide bonds. The summed E-state index contributed by atoms with van der Waals surface area (Å²) in [4.78, 5) is 25.6. The third-order valence-corrected chi connectivity index (χ3v) is 3.79. The molecule has 1 aliphatic heterocycles. The molecule has 1 fully saturated rings. The number of hydrogen-bond donors (Lipinski definition) is 1. The minimum atomic E-state index is -0.947. The Morgan fingerprint density at radius 2 is 2.22 bits per heavy atom. The van der Waals surface area contributed by atoms with Crippen molar-refractivity contribution in [3.05, 3.63) is 35.6 Å². The van der Waals surface area contributed by atoms with Crippen LogP contribution in [0.5, 0.6) is 0 Å². The van der Waals surface area contributed by atoms with E-state index in [1.54, 1.807) is 32.4 Å². The number of rotatable bonds is 6. The molecule has 7 heteroatoms. The van der Waals surface area contributed by atoms with Crippen molar-refractivity contribution in [2.75, 3.05) is 33.9 Å². The number of ether oxygens (including phenoxy) is 2. The molecule has 0 radical (unpaired) electrons. The number of nitrogens with one attached hydrogen (secondary N) is 1. The van der Waals surface area contributed by atoms with Crippen molar-refractivity contribution in [3.8, 4) is 0 Å². The molecule has 1 heterocycles. The number of carbonyl (C=O) groups excluding carboxylic acids is 2. The van der Waals surface area contributed by atoms with Gasteiger partial charge in [-0.3, -0.25) is 9.59 Å². The van der Waals surface area contributed by atoms with E-state index < -0.39 is 18.0 Å². The number of halogens is 1. The first-order valence-corrected chi connectivity index (χ1v) is 7.44. The van der Waals surface area contributed by atoms with E-state index >= 15 is 0 Å². The van der Waals surface area contributed by atoms with E-state index in [1.165, 1.54) is 11.0 Å². The van der Waals surface area contributed by atoms with Crippen LogP contribution >= 0.6 is 0 Å². The summed E-state index contributed by atoms with van der Waals surface area (Å²) in [5, 5.41) is 2.74. The van der Waals surface area contributed by atoms with Crippen LogP contribution in [0.1, 0.15) is 18.0 Å². The van der Waals surface area contributed by atoms with Crippen LogP contribution in [0.2, 0.25) is 0 Å². The molecule has 1 aliphatic rings. The maximum Gasteiger partial charge on any atom is 0.251 e. The molecule has 2 atom stereocenters. The van der Waals surface area contributed by atoms with Crippen molar-refractivity contribution in [2.24, 2.45) is 0 Å². The monoisotopic (exact) mass is 324 g/mol. The first kappa shape index (κ1) is 17.4. The van der Waals surface area contributed by atoms with Gasteiger partial charge in [0.05, 0.1) is 6.04 Å². The molecule has 0 spiro atoms. The second kappa shape index (κ2) is 8.03. The summed E-state index contributed by atoms with van der Waals surface area (Å²) in [6.07, 6.45) is -0.286. The predicted molar refractivity (Wildman–Crippen MR) is 81.2 cm³/mol. The third-order valence-electron chi connectivity index (χ3n) is 3.79. The van der Waals surface area contributed by atoms with Gasteiger partial charge in [0.1, 0.15) is 12.4 Å². The topological polar surface area (TPSA) is 67.9 Å². The van der Waals surface area contributed by atoms with Gasteiger partial charge in [-0.15, -0.1) is 0 Å². The Labute approximate surface area is 134 Å². The van der Waals surface area contributed by atoms with Crippen LogP contribution in [-0.2, 0) is 19.1 Å². The average molecular weight is 324 g/mol. The average Bonchev–Trinajstić information content (AvgIpc) is 2.55. The number of methoxy groups -OCH3 is 1. The molecule has 1 aromatic rings. The van der Waals surface area contributed by atoms with Crippen molar-refractivity contribution >= 4 is 11.8 Å². The number of benzene rings is 1. The van der Waals surface area contributed by atoms with Crippen LogP contribution in [-0.4, -0.2) is 56.7 Å². The maximum atomic E-state index is 14.1. The van der Waals surface area contributed by atoms with Crippen molar-refractivity contribution in [3.63, 3.8) is 0 Å². The molecule has 0 aromatic heterocycles. The minimum Gasteiger partial charge on any atom is -0.385 e. The second-order valence-corrected chi connectivity index (χ2v) is 5.34. The van der Waals surface area contributed by atoms with Crippen LogP contribution in [0.3, 0.4) is 0 Å². The molecule has 1 aromatic carbocycles. The minimum absolute atomic E-state index is 0.197. The van der Waals surface area contributed by atoms with E-state index in [4.69, 9.17) is 9.47 Å². The van der Waals surface area contributed by atoms with Crippen molar-refractivity contribution in [1.29, 1.82) is 0 Å². The molecular weight excluding hydrogens is 303 g/mol. The summed E-state index contributed by atoms with van der Waals surface area (Å²) in [5.41, 5.74) is 0.264. The Balaban J connectivity index is 2.17. The molecule has 0 bridgehead atoms. The van der Waals surface area contributed by atoms with Crippen LogP contribution in [0, 0.1) is 5.82 Å². The van der Waals surface area contributed by atoms with Crippen LogP contribution in [0.25, 0.3) is 0 Å². The fraction of sp³-hybridized carbons (Fsp3) is 0.500. The number of amides is 2. The highest BCUT2D eigenvalue weighted by Gasteiger charge is 2.41. The van der Waals surface area contributed by atoms with E-state index in [0.29, 0.717) is 19.6 Å². The molecule has 0 unspecified atom stereocenters. The molecule has 23 heavy (non-hydrogen) atoms. The quantitative estimate of drug-likeness (QED) is 0.789. The highest BCUT2D eigenvalue weighted by Crippen LogP contribution is 2.30. The highest BCUT2D eigenvalue weighted by molar-refractivity contribution is 5.86. The lowest BCUT2D eigenvalue weighted by molar-refractivity contribution is -0.162. The highest BCUT2D eigenvalue weighted by atomic mass is 19.1. The van der Waals surface area contributed by atoms with E-state index in [2.05, 4.69) is 5.32 Å². The fourth-order valence-electron chi connectivity index (χ4n) is 2.55. The first-order valence-electron chi connectivity index (χ1n) is 7.44. The van der Waals surface area contributed by atoms with Crippen molar-refractivity contribution in [2.45, 2.75) is 18.6 Å². The Kier molecular flexibility index (Phi) is 6.06. The van der Waals surface area contributed by atoms with Gasteiger partial charge < -0.3 is 19.7 Å². The van der Waals surface area contributed by atoms with E-state index in [-0.39, 0.29) is 24.0 Å². The Hall–Kier alpha value is -1.99. The number of likely N-dealkylation sites (N-methyl/N-ethyl adjacent to an activating group) is 1. The molecule has 126 valence electrons. The maximum absolute atomic E-state index is 14.1. The summed E-state index contributed by atoms with van der Waals surface area (Å²) in [7, 11) is 3.13. The summed E-state index contributed by atoms with van der Waals surface area (Å²) in [6.45, 7) is 0.757. The summed E-state index contributed by atoms with van der Waals surface area (Å²) >= 11 is 0. The summed E-state index contributed by atoms with van der Waals surface area (Å²) < 4.78 is 24.4. The second-order valence-electron chi connectivity index (χ2n) is 5.34. The fourth-order valence-corrected chi connectivity index (χ4v) is 2.55. The molecule has 0 aliphatic carbocycles. The third kappa shape index (κ3) is 4.05. The smallest absolute Gasteiger partial charge is 0.251 e. The van der Waals surface area contributed by atoms with Crippen LogP contribution < -0.4 is 5.32 Å². The standard InChI is InChI=1S/C16H21FN2O4/c1-19-13(20)10-23-15(16(21)18-8-5-9-22-2)14(19)11-6-3-4-7-12(11)17/h3-4,6-7,14-15H,5,8-10H2,1-2H3,(H,18,21)/t14-,15+/m0/s1. The predicted octanol–water partition coefficient (Wildman–Crippen LogP) is 0.877. The van der Waals surface area contributed by atoms with Crippen LogP contribution in [0.4, 0.5) is 4.39 Å². The molecule has 2 rings (SSSR count). The molecule has 1 saturated heterocycles. The van der Waals surface area contributed by atoms with E-state index in [1.807, 2.05) is 0 Å². The van der Waals surface area contributed by atoms with Gasteiger partial charge in [0.15, 0.2) is 6.10 Å². The van der Waals surface area contributed by atoms with Crippen molar-refractivity contribution < 1.29 is 23.5 Å². The van der Waals surface area contributed by atoms with Gasteiger partial charge in [0.2, 0.25) is 5.91 Å². The van der Waals surface area contributed by atoms with Gasteiger partial charge in [-0.1, -0.05) is 18.2 Å². The molecule has 0 saturated carbocycles. The van der Waals surface area contributed by atoms with Crippen molar-refractivity contribution in [1.82, 2.24) is 10.2 Å². The Morgan fingerprint density at radius 1 is 1.48 bits per heavy atom. The lowest BCUT2D eigenvalue weighted by atomic mass is 9.97. The first-order chi connectivity index (χ1) is 11.1. The number of nitrogens with zero attached hydrogens (tertiary/aromatic N) is 1. The lowest BCUT2D eigenvalue weighted by Gasteiger charge is -2.38. The number of carbonyl (C=O) groups is 2. The van der Waals surface area contributed by atoms with Gasteiger partial charge in [-0.25, -0.2) is 4.39 Å². The summed E-state index contributed by atoms with van der Waals surface area (Å²) in [6, 6.07) is 5.29. The molecular formula is C16H21FN2O4. The normalized spacial score (nSPS) is 21.3. The number of morpholine rings is 1. The summed E-state index contributed by atoms with van der Waals surface area (Å²) in [5.74, 6) is -1.13. The van der Waals surface area contributed by atoms with Gasteiger partial charge in [0, 0.05) is 32.9 Å². The molecule has 1 N–H and O–H groups in total. The zero-order chi connectivity index (χ0) is 16.8. The van der Waals surface area contributed by atoms with Crippen LogP contribution in [0.15, 0.2) is 24.3 Å². The van der Waals surface area contributed by atoms with Gasteiger partial charge in [0.25, 0.3) is 5.91 Å². The largest absolute Gasteiger partial charge is 0.385 e. The van der Waals surface area contributed by atoms with Gasteiger partial charge in [-0.2, -0.15) is 0 Å². The van der Waals surface area contributed by atoms with E-state index in [9.17, 15) is 14.0 Å². The zero-order valence-electron chi connectivity index (χ0n) is 13.3. The van der Waals surface area contributed by atoms with E-state index in [0.717, 1.165) is 0 Å². The Bertz CT molecular complexity index is 567. The molecule has 6 nitrogen and oxygen atoms in total. The Morgan fingerprint density at radius 3 is 2.91 bits per heavy atom. The van der Waals surface area contributed by atoms with Gasteiger partial charge in [-0.05, 0) is 12.5 Å².